The van der Waals surface area contributed by atoms with Crippen molar-refractivity contribution in [2.24, 2.45) is 16.2 Å². The van der Waals surface area contributed by atoms with E-state index >= 15 is 0 Å². The van der Waals surface area contributed by atoms with Gasteiger partial charge >= 0.3 is 0 Å². The minimum absolute atomic E-state index is 0.0178. The molecule has 0 aliphatic carbocycles. The molecule has 25 heavy (non-hydrogen) atoms. The first-order valence-corrected chi connectivity index (χ1v) is 9.57. The Balaban J connectivity index is 5.30. The first-order valence-electron chi connectivity index (χ1n) is 9.57. The number of rotatable bonds is 6. The fraction of sp³-hybridized carbons (Fsp3) is 0.955. The molecule has 0 aromatic rings. The van der Waals surface area contributed by atoms with Crippen LogP contribution in [0, 0.1) is 16.2 Å². The fourth-order valence-electron chi connectivity index (χ4n) is 3.36. The summed E-state index contributed by atoms with van der Waals surface area (Å²) in [5.41, 5.74) is -1.30. The van der Waals surface area contributed by atoms with Gasteiger partial charge in [-0.05, 0) is 58.8 Å². The minimum Gasteiger partial charge on any atom is -0.369 e. The summed E-state index contributed by atoms with van der Waals surface area (Å²) in [4.78, 5) is 12.4. The molecule has 0 aromatic carbocycles. The molecule has 0 unspecified atom stereocenters. The number of amides is 1. The van der Waals surface area contributed by atoms with E-state index in [1.807, 2.05) is 20.8 Å². The third-order valence-electron chi connectivity index (χ3n) is 5.91. The van der Waals surface area contributed by atoms with Crippen LogP contribution < -0.4 is 5.32 Å². The molecule has 0 fully saturated rings. The van der Waals surface area contributed by atoms with Gasteiger partial charge in [0.05, 0.1) is 11.2 Å². The van der Waals surface area contributed by atoms with Crippen molar-refractivity contribution in [3.63, 3.8) is 0 Å². The van der Waals surface area contributed by atoms with Gasteiger partial charge < -0.3 is 10.1 Å². The highest BCUT2D eigenvalue weighted by molar-refractivity contribution is 5.82. The third-order valence-corrected chi connectivity index (χ3v) is 5.91. The summed E-state index contributed by atoms with van der Waals surface area (Å²) in [6.07, 6.45) is 0.742. The van der Waals surface area contributed by atoms with Crippen LogP contribution in [-0.4, -0.2) is 22.6 Å². The Bertz CT molecular complexity index is 471. The summed E-state index contributed by atoms with van der Waals surface area (Å²) < 4.78 is 6.67. The Labute approximate surface area is 157 Å². The summed E-state index contributed by atoms with van der Waals surface area (Å²) in [7, 11) is 0. The van der Waals surface area contributed by atoms with Crippen LogP contribution in [0.3, 0.4) is 0 Å². The molecular formula is C22H45NO2. The molecule has 0 atom stereocenters. The lowest BCUT2D eigenvalue weighted by atomic mass is 9.60. The zero-order valence-corrected chi connectivity index (χ0v) is 19.5. The number of hydrogen-bond acceptors (Lipinski definition) is 2. The maximum absolute atomic E-state index is 12.4. The standard InChI is InChI=1S/C22H45NO2/c1-17(2,3)16(24)23-19(7,8)15-20(9,10)25-22(13,14)21(11,12)18(4,5)6/h15H2,1-14H3,(H,23,24). The number of carbonyl (C=O) groups is 1. The molecule has 150 valence electrons. The van der Waals surface area contributed by atoms with E-state index in [2.05, 4.69) is 81.5 Å². The number of hydrogen-bond donors (Lipinski definition) is 1. The Kier molecular flexibility index (Phi) is 6.71. The van der Waals surface area contributed by atoms with Crippen molar-refractivity contribution in [3.8, 4) is 0 Å². The van der Waals surface area contributed by atoms with Crippen molar-refractivity contribution >= 4 is 5.91 Å². The van der Waals surface area contributed by atoms with Gasteiger partial charge in [0.2, 0.25) is 5.91 Å². The van der Waals surface area contributed by atoms with E-state index in [4.69, 9.17) is 4.74 Å². The fourth-order valence-corrected chi connectivity index (χ4v) is 3.36. The second-order valence-electron chi connectivity index (χ2n) is 12.0. The molecule has 0 aliphatic heterocycles. The quantitative estimate of drug-likeness (QED) is 0.638. The Morgan fingerprint density at radius 1 is 0.760 bits per heavy atom. The van der Waals surface area contributed by atoms with E-state index in [-0.39, 0.29) is 33.5 Å². The highest BCUT2D eigenvalue weighted by Gasteiger charge is 2.49. The molecule has 0 aliphatic rings. The van der Waals surface area contributed by atoms with Crippen LogP contribution in [-0.2, 0) is 9.53 Å². The van der Waals surface area contributed by atoms with E-state index in [0.29, 0.717) is 0 Å². The van der Waals surface area contributed by atoms with Crippen LogP contribution >= 0.6 is 0 Å². The highest BCUT2D eigenvalue weighted by atomic mass is 16.5. The van der Waals surface area contributed by atoms with E-state index in [1.54, 1.807) is 0 Å². The van der Waals surface area contributed by atoms with Crippen molar-refractivity contribution < 1.29 is 9.53 Å². The molecule has 0 spiro atoms. The Morgan fingerprint density at radius 2 is 1.16 bits per heavy atom. The van der Waals surface area contributed by atoms with Crippen LogP contribution in [0.25, 0.3) is 0 Å². The second kappa shape index (κ2) is 6.87. The Morgan fingerprint density at radius 3 is 1.48 bits per heavy atom. The molecule has 0 saturated carbocycles. The van der Waals surface area contributed by atoms with Gasteiger partial charge in [-0.1, -0.05) is 55.4 Å². The molecule has 0 radical (unpaired) electrons. The van der Waals surface area contributed by atoms with Gasteiger partial charge in [-0.15, -0.1) is 0 Å². The molecule has 0 bridgehead atoms. The zero-order chi connectivity index (χ0) is 20.7. The molecule has 3 heteroatoms. The molecule has 1 N–H and O–H groups in total. The Hall–Kier alpha value is -0.570. The number of ether oxygens (including phenoxy) is 1. The van der Waals surface area contributed by atoms with E-state index in [0.717, 1.165) is 6.42 Å². The van der Waals surface area contributed by atoms with E-state index < -0.39 is 5.41 Å². The molecule has 3 nitrogen and oxygen atoms in total. The zero-order valence-electron chi connectivity index (χ0n) is 19.5. The van der Waals surface area contributed by atoms with Crippen LogP contribution in [0.4, 0.5) is 0 Å². The van der Waals surface area contributed by atoms with E-state index in [1.165, 1.54) is 0 Å². The first-order chi connectivity index (χ1) is 10.5. The molecule has 1 amide bonds. The van der Waals surface area contributed by atoms with Crippen molar-refractivity contribution in [1.29, 1.82) is 0 Å². The largest absolute Gasteiger partial charge is 0.369 e. The van der Waals surface area contributed by atoms with Gasteiger partial charge in [0, 0.05) is 11.0 Å². The minimum atomic E-state index is -0.393. The van der Waals surface area contributed by atoms with Gasteiger partial charge in [0.1, 0.15) is 0 Å². The summed E-state index contributed by atoms with van der Waals surface area (Å²) in [5.74, 6) is 0.0718. The monoisotopic (exact) mass is 355 g/mol. The smallest absolute Gasteiger partial charge is 0.225 e. The van der Waals surface area contributed by atoms with Crippen molar-refractivity contribution in [1.82, 2.24) is 5.32 Å². The molecule has 0 heterocycles. The van der Waals surface area contributed by atoms with Gasteiger partial charge in [0.15, 0.2) is 0 Å². The molecule has 0 aromatic heterocycles. The number of carbonyl (C=O) groups excluding carboxylic acids is 1. The lowest BCUT2D eigenvalue weighted by Gasteiger charge is -2.53. The van der Waals surface area contributed by atoms with Gasteiger partial charge in [-0.3, -0.25) is 4.79 Å². The number of nitrogens with one attached hydrogen (secondary N) is 1. The van der Waals surface area contributed by atoms with Crippen molar-refractivity contribution in [2.45, 2.75) is 120 Å². The normalized spacial score (nSPS) is 15.3. The van der Waals surface area contributed by atoms with Crippen LogP contribution in [0.5, 0.6) is 0 Å². The molecule has 0 saturated heterocycles. The van der Waals surface area contributed by atoms with E-state index in [9.17, 15) is 4.79 Å². The average Bonchev–Trinajstić information content (AvgIpc) is 2.20. The summed E-state index contributed by atoms with van der Waals surface area (Å²) in [5, 5.41) is 3.19. The lowest BCUT2D eigenvalue weighted by molar-refractivity contribution is -0.206. The van der Waals surface area contributed by atoms with Crippen molar-refractivity contribution in [3.05, 3.63) is 0 Å². The predicted molar refractivity (Wildman–Crippen MR) is 109 cm³/mol. The second-order valence-corrected chi connectivity index (χ2v) is 12.0. The van der Waals surface area contributed by atoms with Crippen LogP contribution in [0.1, 0.15) is 103 Å². The van der Waals surface area contributed by atoms with Crippen LogP contribution in [0.15, 0.2) is 0 Å². The summed E-state index contributed by atoms with van der Waals surface area (Å²) in [6.45, 7) is 29.9. The van der Waals surface area contributed by atoms with Gasteiger partial charge in [-0.2, -0.15) is 0 Å². The third kappa shape index (κ3) is 6.58. The maximum atomic E-state index is 12.4. The lowest BCUT2D eigenvalue weighted by Crippen LogP contribution is -2.56. The summed E-state index contributed by atoms with van der Waals surface area (Å²) >= 11 is 0. The molecular weight excluding hydrogens is 310 g/mol. The van der Waals surface area contributed by atoms with Gasteiger partial charge in [0.25, 0.3) is 0 Å². The SMILES string of the molecule is CC(C)(CC(C)(C)OC(C)(C)C(C)(C)C(C)(C)C)NC(=O)C(C)(C)C. The topological polar surface area (TPSA) is 38.3 Å². The van der Waals surface area contributed by atoms with Crippen molar-refractivity contribution in [2.75, 3.05) is 0 Å². The first kappa shape index (κ1) is 24.4. The molecule has 0 rings (SSSR count). The summed E-state index contributed by atoms with van der Waals surface area (Å²) in [6, 6.07) is 0. The maximum Gasteiger partial charge on any atom is 0.225 e. The van der Waals surface area contributed by atoms with Gasteiger partial charge in [-0.25, -0.2) is 0 Å². The highest BCUT2D eigenvalue weighted by Crippen LogP contribution is 2.49. The predicted octanol–water partition coefficient (Wildman–Crippen LogP) is 5.96. The average molecular weight is 356 g/mol. The van der Waals surface area contributed by atoms with Crippen LogP contribution in [0.2, 0.25) is 0 Å².